The van der Waals surface area contributed by atoms with Crippen LogP contribution in [-0.4, -0.2) is 41.6 Å². The van der Waals surface area contributed by atoms with Crippen LogP contribution in [0.4, 0.5) is 5.69 Å². The van der Waals surface area contributed by atoms with Crippen molar-refractivity contribution >= 4 is 21.6 Å². The quantitative estimate of drug-likeness (QED) is 0.760. The van der Waals surface area contributed by atoms with Crippen molar-refractivity contribution in [1.29, 1.82) is 0 Å². The molecule has 0 fully saturated rings. The molecule has 0 aliphatic heterocycles. The third-order valence-corrected chi connectivity index (χ3v) is 5.22. The number of benzene rings is 2. The first kappa shape index (κ1) is 19.7. The fourth-order valence-electron chi connectivity index (χ4n) is 2.43. The average molecular weight is 378 g/mol. The molecule has 140 valence electrons. The van der Waals surface area contributed by atoms with E-state index in [9.17, 15) is 13.2 Å². The normalized spacial score (nSPS) is 11.0. The number of hydrogen-bond acceptors (Lipinski definition) is 5. The Balaban J connectivity index is 2.14. The Labute approximate surface area is 153 Å². The molecule has 2 aromatic rings. The van der Waals surface area contributed by atoms with Gasteiger partial charge in [0, 0.05) is 26.1 Å². The van der Waals surface area contributed by atoms with Gasteiger partial charge >= 0.3 is 0 Å². The van der Waals surface area contributed by atoms with E-state index in [0.29, 0.717) is 17.2 Å². The first-order valence-corrected chi connectivity index (χ1v) is 9.42. The lowest BCUT2D eigenvalue weighted by atomic mass is 10.2. The summed E-state index contributed by atoms with van der Waals surface area (Å²) in [4.78, 5) is 13.7. The summed E-state index contributed by atoms with van der Waals surface area (Å²) in [6.45, 7) is 1.63. The Hall–Kier alpha value is -2.58. The molecular formula is C18H22N2O5S. The lowest BCUT2D eigenvalue weighted by Crippen LogP contribution is -2.37. The van der Waals surface area contributed by atoms with E-state index in [0.717, 1.165) is 0 Å². The summed E-state index contributed by atoms with van der Waals surface area (Å²) in [7, 11) is -0.597. The highest BCUT2D eigenvalue weighted by Crippen LogP contribution is 2.32. The number of carbonyl (C=O) groups excluding carboxylic acids is 1. The molecule has 0 saturated heterocycles. The maximum absolute atomic E-state index is 12.3. The van der Waals surface area contributed by atoms with Gasteiger partial charge in [-0.15, -0.1) is 0 Å². The fraction of sp³-hybridized carbons (Fsp3) is 0.278. The van der Waals surface area contributed by atoms with Crippen molar-refractivity contribution < 1.29 is 22.7 Å². The highest BCUT2D eigenvalue weighted by molar-refractivity contribution is 7.89. The molecule has 0 radical (unpaired) electrons. The van der Waals surface area contributed by atoms with Crippen LogP contribution in [0.25, 0.3) is 0 Å². The number of hydrogen-bond donors (Lipinski definition) is 1. The number of rotatable bonds is 8. The maximum atomic E-state index is 12.3. The monoisotopic (exact) mass is 378 g/mol. The van der Waals surface area contributed by atoms with E-state index in [2.05, 4.69) is 4.72 Å². The number of methoxy groups -OCH3 is 2. The van der Waals surface area contributed by atoms with Gasteiger partial charge in [0.2, 0.25) is 15.9 Å². The first-order chi connectivity index (χ1) is 12.4. The average Bonchev–Trinajstić information content (AvgIpc) is 2.65. The molecule has 0 spiro atoms. The first-order valence-electron chi connectivity index (χ1n) is 7.94. The SMILES string of the molecule is COc1ccc(N(CCNS(=O)(=O)c2ccccc2)C(C)=O)c(OC)c1. The number of carbonyl (C=O) groups is 1. The molecule has 0 saturated carbocycles. The fourth-order valence-corrected chi connectivity index (χ4v) is 3.47. The Bertz CT molecular complexity index is 853. The molecule has 1 N–H and O–H groups in total. The second-order valence-electron chi connectivity index (χ2n) is 5.42. The third kappa shape index (κ3) is 4.74. The summed E-state index contributed by atoms with van der Waals surface area (Å²) in [5.74, 6) is 0.830. The third-order valence-electron chi connectivity index (χ3n) is 3.74. The molecule has 1 amide bonds. The van der Waals surface area contributed by atoms with Gasteiger partial charge in [-0.25, -0.2) is 13.1 Å². The lowest BCUT2D eigenvalue weighted by Gasteiger charge is -2.23. The van der Waals surface area contributed by atoms with E-state index in [1.807, 2.05) is 0 Å². The van der Waals surface area contributed by atoms with Gasteiger partial charge in [0.1, 0.15) is 11.5 Å². The minimum absolute atomic E-state index is 0.0615. The van der Waals surface area contributed by atoms with Crippen molar-refractivity contribution in [3.63, 3.8) is 0 Å². The van der Waals surface area contributed by atoms with Crippen molar-refractivity contribution in [2.24, 2.45) is 0 Å². The van der Waals surface area contributed by atoms with Crippen LogP contribution in [0.5, 0.6) is 11.5 Å². The predicted octanol–water partition coefficient (Wildman–Crippen LogP) is 2.04. The molecular weight excluding hydrogens is 356 g/mol. The van der Waals surface area contributed by atoms with E-state index < -0.39 is 10.0 Å². The van der Waals surface area contributed by atoms with Crippen LogP contribution in [0.3, 0.4) is 0 Å². The number of anilines is 1. The molecule has 0 aliphatic carbocycles. The zero-order valence-electron chi connectivity index (χ0n) is 14.9. The van der Waals surface area contributed by atoms with Gasteiger partial charge in [-0.3, -0.25) is 4.79 Å². The van der Waals surface area contributed by atoms with Gasteiger partial charge < -0.3 is 14.4 Å². The van der Waals surface area contributed by atoms with Crippen LogP contribution in [0.2, 0.25) is 0 Å². The maximum Gasteiger partial charge on any atom is 0.240 e. The number of nitrogens with zero attached hydrogens (tertiary/aromatic N) is 1. The summed E-state index contributed by atoms with van der Waals surface area (Å²) in [5.41, 5.74) is 0.541. The van der Waals surface area contributed by atoms with E-state index in [-0.39, 0.29) is 23.9 Å². The zero-order valence-corrected chi connectivity index (χ0v) is 15.7. The van der Waals surface area contributed by atoms with Crippen LogP contribution in [0.15, 0.2) is 53.4 Å². The standard InChI is InChI=1S/C18H22N2O5S/c1-14(21)20(17-10-9-15(24-2)13-18(17)25-3)12-11-19-26(22,23)16-7-5-4-6-8-16/h4-10,13,19H,11-12H2,1-3H3. The van der Waals surface area contributed by atoms with Gasteiger partial charge in [0.05, 0.1) is 24.8 Å². The molecule has 0 aromatic heterocycles. The molecule has 2 aromatic carbocycles. The smallest absolute Gasteiger partial charge is 0.240 e. The Morgan fingerprint density at radius 3 is 2.35 bits per heavy atom. The second kappa shape index (κ2) is 8.68. The summed E-state index contributed by atoms with van der Waals surface area (Å²) in [6.07, 6.45) is 0. The number of sulfonamides is 1. The van der Waals surface area contributed by atoms with Crippen LogP contribution >= 0.6 is 0 Å². The Kier molecular flexibility index (Phi) is 6.59. The van der Waals surface area contributed by atoms with Crippen LogP contribution in [-0.2, 0) is 14.8 Å². The molecule has 0 unspecified atom stereocenters. The molecule has 0 heterocycles. The number of amides is 1. The molecule has 0 atom stereocenters. The van der Waals surface area contributed by atoms with Gasteiger partial charge in [-0.1, -0.05) is 18.2 Å². The van der Waals surface area contributed by atoms with Gasteiger partial charge in [0.15, 0.2) is 0 Å². The second-order valence-corrected chi connectivity index (χ2v) is 7.19. The van der Waals surface area contributed by atoms with Gasteiger partial charge in [0.25, 0.3) is 0 Å². The van der Waals surface area contributed by atoms with Crippen LogP contribution in [0, 0.1) is 0 Å². The highest BCUT2D eigenvalue weighted by Gasteiger charge is 2.19. The molecule has 8 heteroatoms. The van der Waals surface area contributed by atoms with Crippen LogP contribution in [0.1, 0.15) is 6.92 Å². The van der Waals surface area contributed by atoms with Crippen molar-refractivity contribution in [3.8, 4) is 11.5 Å². The van der Waals surface area contributed by atoms with E-state index in [1.54, 1.807) is 36.4 Å². The molecule has 0 bridgehead atoms. The highest BCUT2D eigenvalue weighted by atomic mass is 32.2. The number of nitrogens with one attached hydrogen (secondary N) is 1. The topological polar surface area (TPSA) is 84.9 Å². The lowest BCUT2D eigenvalue weighted by molar-refractivity contribution is -0.116. The van der Waals surface area contributed by atoms with Crippen molar-refractivity contribution in [2.75, 3.05) is 32.2 Å². The minimum atomic E-state index is -3.63. The van der Waals surface area contributed by atoms with Crippen molar-refractivity contribution in [2.45, 2.75) is 11.8 Å². The molecule has 0 aliphatic rings. The van der Waals surface area contributed by atoms with Crippen molar-refractivity contribution in [1.82, 2.24) is 4.72 Å². The molecule has 26 heavy (non-hydrogen) atoms. The summed E-state index contributed by atoms with van der Waals surface area (Å²) < 4.78 is 37.5. The Morgan fingerprint density at radius 1 is 1.08 bits per heavy atom. The van der Waals surface area contributed by atoms with Gasteiger partial charge in [-0.05, 0) is 24.3 Å². The summed E-state index contributed by atoms with van der Waals surface area (Å²) in [6, 6.07) is 13.1. The van der Waals surface area contributed by atoms with Crippen LogP contribution < -0.4 is 19.1 Å². The van der Waals surface area contributed by atoms with E-state index in [1.165, 1.54) is 38.2 Å². The Morgan fingerprint density at radius 2 is 1.77 bits per heavy atom. The summed E-state index contributed by atoms with van der Waals surface area (Å²) in [5, 5.41) is 0. The largest absolute Gasteiger partial charge is 0.497 e. The zero-order chi connectivity index (χ0) is 19.2. The molecule has 2 rings (SSSR count). The summed E-state index contributed by atoms with van der Waals surface area (Å²) >= 11 is 0. The van der Waals surface area contributed by atoms with Crippen molar-refractivity contribution in [3.05, 3.63) is 48.5 Å². The molecule has 7 nitrogen and oxygen atoms in total. The predicted molar refractivity (Wildman–Crippen MR) is 99.2 cm³/mol. The van der Waals surface area contributed by atoms with E-state index in [4.69, 9.17) is 9.47 Å². The van der Waals surface area contributed by atoms with E-state index >= 15 is 0 Å². The number of ether oxygens (including phenoxy) is 2. The van der Waals surface area contributed by atoms with Gasteiger partial charge in [-0.2, -0.15) is 0 Å². The minimum Gasteiger partial charge on any atom is -0.497 e.